The molecule has 0 aromatic heterocycles. The van der Waals surface area contributed by atoms with Gasteiger partial charge >= 0.3 is 12.1 Å². The average Bonchev–Trinajstić information content (AvgIpc) is 1.55. The van der Waals surface area contributed by atoms with Crippen LogP contribution in [0.4, 0.5) is 24.1 Å². The molecule has 2 aliphatic heterocycles. The fourth-order valence-electron chi connectivity index (χ4n) is 16.2. The molecule has 2 saturated heterocycles. The van der Waals surface area contributed by atoms with E-state index in [0.29, 0.717) is 18.4 Å². The lowest BCUT2D eigenvalue weighted by molar-refractivity contribution is -0.233. The zero-order valence-corrected chi connectivity index (χ0v) is 64.6. The summed E-state index contributed by atoms with van der Waals surface area (Å²) >= 11 is 0. The predicted octanol–water partition coefficient (Wildman–Crippen LogP) is 1.18. The molecule has 622 valence electrons. The molecule has 35 heteroatoms. The van der Waals surface area contributed by atoms with E-state index in [1.165, 1.54) is 48.2 Å². The Morgan fingerprint density at radius 1 is 0.766 bits per heavy atom. The van der Waals surface area contributed by atoms with Crippen molar-refractivity contribution >= 4 is 70.7 Å². The van der Waals surface area contributed by atoms with Crippen LogP contribution in [0.3, 0.4) is 0 Å². The molecule has 0 radical (unpaired) electrons. The summed E-state index contributed by atoms with van der Waals surface area (Å²) in [6.45, 7) is 13.0. The van der Waals surface area contributed by atoms with Crippen LogP contribution in [0, 0.1) is 39.9 Å². The van der Waals surface area contributed by atoms with E-state index in [0.717, 1.165) is 18.9 Å². The van der Waals surface area contributed by atoms with Crippen molar-refractivity contribution < 1.29 is 125 Å². The van der Waals surface area contributed by atoms with E-state index in [4.69, 9.17) is 44.0 Å². The highest BCUT2D eigenvalue weighted by Crippen LogP contribution is 2.72. The Kier molecular flexibility index (Phi) is 33.4. The third kappa shape index (κ3) is 21.9. The second-order valence-electron chi connectivity index (χ2n) is 30.5. The average molecular weight is 1580 g/mol. The van der Waals surface area contributed by atoms with Gasteiger partial charge < -0.3 is 107 Å². The van der Waals surface area contributed by atoms with Crippen LogP contribution in [0.15, 0.2) is 48.1 Å². The fraction of sp³-hybridized carbons (Fsp3) is 0.724. The van der Waals surface area contributed by atoms with Gasteiger partial charge in [0.2, 0.25) is 41.4 Å². The number of anilines is 1. The number of carbonyl (C=O) groups is 11. The van der Waals surface area contributed by atoms with Crippen molar-refractivity contribution in [3.8, 4) is 0 Å². The number of urea groups is 1. The number of nitrogens with zero attached hydrogens (tertiary/aromatic N) is 1. The number of imide groups is 1. The normalized spacial score (nSPS) is 27.2. The van der Waals surface area contributed by atoms with E-state index in [2.05, 4.69) is 37.2 Å². The topological polar surface area (TPSA) is 487 Å². The zero-order valence-electron chi connectivity index (χ0n) is 64.6. The Hall–Kier alpha value is -7.55. The van der Waals surface area contributed by atoms with E-state index in [9.17, 15) is 78.3 Å². The lowest BCUT2D eigenvalue weighted by Crippen LogP contribution is -2.71. The number of rotatable bonds is 46. The van der Waals surface area contributed by atoms with Gasteiger partial charge in [-0.15, -0.1) is 0 Å². The van der Waals surface area contributed by atoms with Crippen LogP contribution < -0.4 is 43.0 Å². The Labute approximate surface area is 644 Å². The number of aliphatic hydroxyl groups excluding tert-OH is 6. The Balaban J connectivity index is 0.902. The summed E-state index contributed by atoms with van der Waals surface area (Å²) < 4.78 is 74.9. The lowest BCUT2D eigenvalue weighted by Gasteiger charge is -2.63. The molecule has 15 N–H and O–H groups in total. The molecule has 1 aromatic carbocycles. The minimum absolute atomic E-state index is 0.0129. The number of amides is 10. The Morgan fingerprint density at radius 2 is 1.40 bits per heavy atom. The first-order valence-corrected chi connectivity index (χ1v) is 38.4. The fourth-order valence-corrected chi connectivity index (χ4v) is 16.2. The maximum atomic E-state index is 18.0. The number of ether oxygens (including phenoxy) is 7. The van der Waals surface area contributed by atoms with Gasteiger partial charge in [0.1, 0.15) is 49.2 Å². The summed E-state index contributed by atoms with van der Waals surface area (Å²) in [5, 5.41) is 79.3. The van der Waals surface area contributed by atoms with Crippen molar-refractivity contribution in [2.75, 3.05) is 91.0 Å². The first-order valence-electron chi connectivity index (χ1n) is 38.4. The third-order valence-electron chi connectivity index (χ3n) is 23.1. The van der Waals surface area contributed by atoms with Gasteiger partial charge in [-0.1, -0.05) is 73.1 Å². The van der Waals surface area contributed by atoms with Gasteiger partial charge in [-0.2, -0.15) is 0 Å². The smallest absolute Gasteiger partial charge is 0.407 e. The first-order chi connectivity index (χ1) is 52.6. The van der Waals surface area contributed by atoms with Crippen molar-refractivity contribution in [1.82, 2.24) is 36.8 Å². The molecule has 10 amide bonds. The predicted molar refractivity (Wildman–Crippen MR) is 392 cm³/mol. The van der Waals surface area contributed by atoms with E-state index < -0.39 is 193 Å². The molecule has 1 aromatic rings. The number of allylic oxidation sites excluding steroid dienone is 4. The van der Waals surface area contributed by atoms with Crippen LogP contribution in [0.1, 0.15) is 144 Å². The van der Waals surface area contributed by atoms with Gasteiger partial charge in [-0.3, -0.25) is 48.1 Å². The minimum atomic E-state index is -2.42. The molecule has 2 heterocycles. The molecule has 33 nitrogen and oxygen atoms in total. The van der Waals surface area contributed by atoms with Gasteiger partial charge in [0.15, 0.2) is 29.1 Å². The van der Waals surface area contributed by atoms with Crippen molar-refractivity contribution in [3.05, 3.63) is 53.6 Å². The molecule has 5 fully saturated rings. The number of Topliss-reactive ketones (excluding diaryl/α,β-unsaturated/α-hetero) is 1. The number of likely N-dealkylation sites (tertiary alicyclic amines) is 1. The summed E-state index contributed by atoms with van der Waals surface area (Å²) in [6, 6.07) is 0.893. The number of benzene rings is 1. The van der Waals surface area contributed by atoms with E-state index in [-0.39, 0.29) is 152 Å². The summed E-state index contributed by atoms with van der Waals surface area (Å²) in [4.78, 5) is 148. The van der Waals surface area contributed by atoms with Crippen LogP contribution in [-0.2, 0) is 82.9 Å². The van der Waals surface area contributed by atoms with Crippen LogP contribution in [0.2, 0.25) is 0 Å². The van der Waals surface area contributed by atoms with Gasteiger partial charge in [0.25, 0.3) is 0 Å². The third-order valence-corrected chi connectivity index (χ3v) is 23.1. The SMILES string of the molecule is CCCC1O[C@@H]2C[C@H]3[C@@H]4C[C@H](F)C5=CC(=O)C=C[C@]5(C)[C@@]4(F)[C@@H](O)C[C@]3(C)[C@]2(C(=O)CNC(=O)OCc2ccc(NC(=O)[C@H](CCCNC(N)=O)NC(=O)[C@@H](NC(=O)[C@@H](CCC(=O)NC[C@H](O)[C@@H](O)[C@H](O)[C@H](O)CO)NC(=O)CCOCCOCCOCCOCCN3C(=O)CC(C(C)(CC)CC)C3=O)C(C)C)cc2)O1. The summed E-state index contributed by atoms with van der Waals surface area (Å²) in [5.41, 5.74) is -1.57. The number of nitrogens with two attached hydrogens (primary N) is 1. The number of hydrogen-bond acceptors (Lipinski definition) is 24. The maximum Gasteiger partial charge on any atom is 0.407 e. The first kappa shape index (κ1) is 90.6. The molecule has 6 aliphatic rings. The van der Waals surface area contributed by atoms with Gasteiger partial charge in [0.05, 0.1) is 96.8 Å². The van der Waals surface area contributed by atoms with Gasteiger partial charge in [-0.05, 0) is 117 Å². The molecule has 3 saturated carbocycles. The number of alkyl carbamates (subject to hydrolysis) is 1. The molecular formula is C76H115F2N9O24. The number of aliphatic hydroxyl groups is 6. The second kappa shape index (κ2) is 41.0. The molecule has 7 rings (SSSR count). The number of fused-ring (bicyclic) bond motifs is 7. The van der Waals surface area contributed by atoms with Crippen molar-refractivity contribution in [3.63, 3.8) is 0 Å². The second-order valence-corrected chi connectivity index (χ2v) is 30.5. The highest BCUT2D eigenvalue weighted by Gasteiger charge is 2.80. The number of halogens is 2. The molecule has 0 spiro atoms. The van der Waals surface area contributed by atoms with Crippen LogP contribution in [0.5, 0.6) is 0 Å². The zero-order chi connectivity index (χ0) is 81.8. The number of hydrogen-bond donors (Lipinski definition) is 14. The Morgan fingerprint density at radius 3 is 2.02 bits per heavy atom. The van der Waals surface area contributed by atoms with Gasteiger partial charge in [-0.25, -0.2) is 18.4 Å². The van der Waals surface area contributed by atoms with Crippen molar-refractivity contribution in [2.45, 2.75) is 224 Å². The summed E-state index contributed by atoms with van der Waals surface area (Å²) in [6.07, 6.45) is -9.19. The molecule has 2 unspecified atom stereocenters. The molecule has 0 bridgehead atoms. The number of carbonyl (C=O) groups excluding carboxylic acids is 11. The largest absolute Gasteiger partial charge is 0.445 e. The quantitative estimate of drug-likeness (QED) is 0.0322. The molecular weight excluding hydrogens is 1460 g/mol. The number of primary amides is 1. The molecule has 4 aliphatic carbocycles. The summed E-state index contributed by atoms with van der Waals surface area (Å²) in [5.74, 6) is -8.42. The van der Waals surface area contributed by atoms with Crippen molar-refractivity contribution in [2.24, 2.45) is 45.7 Å². The van der Waals surface area contributed by atoms with Crippen LogP contribution in [-0.4, -0.2) is 265 Å². The number of alkyl halides is 2. The lowest BCUT2D eigenvalue weighted by atomic mass is 9.44. The maximum absolute atomic E-state index is 18.0. The van der Waals surface area contributed by atoms with E-state index in [1.54, 1.807) is 20.8 Å². The summed E-state index contributed by atoms with van der Waals surface area (Å²) in [7, 11) is 0. The van der Waals surface area contributed by atoms with Gasteiger partial charge in [0, 0.05) is 54.8 Å². The van der Waals surface area contributed by atoms with E-state index in [1.807, 2.05) is 27.7 Å². The number of nitrogens with one attached hydrogen (secondary N) is 7. The standard InChI is InChI=1S/C76H115F2N9O24/c1-9-13-62-110-58-36-47-48-35-51(77)49-34-46(89)21-23-73(49,7)75(48,78)56(92)38-74(47,8)76(58,111-62)57(93)40-82-71(104)109-42-44-15-17-45(18-16-44)83-66(99)52(14-12-24-80-70(79)103)85-68(101)63(43(4)5)86-67(100)53(19-20-59(94)81-39-54(90)64(97)65(98)55(91)41-88)84-60(95)22-26-105-28-30-107-32-33-108-31-29-106-27-25-87-61(96)37-50(69(87)102)72(6,10-2)11-3/h15-18,21,23,34,43,47-48,50-56,58,62-65,88,90-92,97-98H,9-14,19-20,22,24-33,35-42H2,1-8H3,(H,81,94)(H,82,104)(H,83,99)(H,84,95)(H,85,101)(H,86,100)(H3,79,80,103)/t47-,48-,50?,51-,52-,53+,54-,55+,56-,58+,62?,63-,64+,65+,73-,74-,75-,76+/m0/s1. The van der Waals surface area contributed by atoms with E-state index >= 15 is 8.78 Å². The monoisotopic (exact) mass is 1580 g/mol. The van der Waals surface area contributed by atoms with Crippen LogP contribution in [0.25, 0.3) is 0 Å². The molecule has 111 heavy (non-hydrogen) atoms. The van der Waals surface area contributed by atoms with Crippen LogP contribution >= 0.6 is 0 Å². The van der Waals surface area contributed by atoms with Crippen molar-refractivity contribution in [1.29, 1.82) is 0 Å². The highest BCUT2D eigenvalue weighted by atomic mass is 19.1. The Bertz CT molecular complexity index is 3460. The minimum Gasteiger partial charge on any atom is -0.445 e. The highest BCUT2D eigenvalue weighted by molar-refractivity contribution is 6.04. The molecule has 18 atom stereocenters. The number of ketones is 2.